The minimum Gasteiger partial charge on any atom is -0.507 e. The summed E-state index contributed by atoms with van der Waals surface area (Å²) in [5.41, 5.74) is 3.90. The lowest BCUT2D eigenvalue weighted by Crippen LogP contribution is -2.30. The summed E-state index contributed by atoms with van der Waals surface area (Å²) in [5, 5.41) is 18.6. The highest BCUT2D eigenvalue weighted by atomic mass is 35.5. The molecule has 1 unspecified atom stereocenters. The second-order valence-electron chi connectivity index (χ2n) is 8.26. The average molecular weight is 466 g/mol. The normalized spacial score (nSPS) is 15.1. The van der Waals surface area contributed by atoms with E-state index in [-0.39, 0.29) is 17.7 Å². The second kappa shape index (κ2) is 9.71. The van der Waals surface area contributed by atoms with Crippen LogP contribution in [0.5, 0.6) is 11.5 Å². The number of aryl methyl sites for hydroxylation is 1. The topological polar surface area (TPSA) is 78.5 Å². The van der Waals surface area contributed by atoms with Gasteiger partial charge in [0.05, 0.1) is 6.04 Å². The van der Waals surface area contributed by atoms with Crippen LogP contribution in [0.2, 0.25) is 5.02 Å². The maximum Gasteiger partial charge on any atom is 0.273 e. The number of fused-ring (bicyclic) bond motifs is 1. The molecule has 1 amide bonds. The van der Waals surface area contributed by atoms with E-state index in [9.17, 15) is 9.90 Å². The number of phenolic OH excluding ortho intramolecular Hbond substituents is 1. The Balaban J connectivity index is 1.84. The Hall–Kier alpha value is -3.25. The van der Waals surface area contributed by atoms with E-state index in [2.05, 4.69) is 23.7 Å². The van der Waals surface area contributed by atoms with Gasteiger partial charge in [-0.1, -0.05) is 56.2 Å². The Labute approximate surface area is 198 Å². The van der Waals surface area contributed by atoms with Crippen LogP contribution in [0.25, 0.3) is 11.3 Å². The molecule has 6 nitrogen and oxygen atoms in total. The van der Waals surface area contributed by atoms with Gasteiger partial charge in [0.2, 0.25) is 0 Å². The van der Waals surface area contributed by atoms with Crippen LogP contribution in [0.4, 0.5) is 0 Å². The van der Waals surface area contributed by atoms with Gasteiger partial charge >= 0.3 is 0 Å². The Morgan fingerprint density at radius 1 is 1.30 bits per heavy atom. The van der Waals surface area contributed by atoms with E-state index < -0.39 is 0 Å². The third-order valence-electron chi connectivity index (χ3n) is 5.94. The molecule has 2 heterocycles. The number of unbranched alkanes of at least 4 members (excludes halogenated alkanes) is 2. The predicted molar refractivity (Wildman–Crippen MR) is 130 cm³/mol. The van der Waals surface area contributed by atoms with Crippen LogP contribution in [-0.4, -0.2) is 39.3 Å². The molecule has 0 radical (unpaired) electrons. The summed E-state index contributed by atoms with van der Waals surface area (Å²) >= 11 is 6.37. The molecule has 0 spiro atoms. The van der Waals surface area contributed by atoms with Gasteiger partial charge in [0.1, 0.15) is 29.5 Å². The van der Waals surface area contributed by atoms with E-state index in [1.165, 1.54) is 0 Å². The number of aromatic amines is 1. The molecular weight excluding hydrogens is 438 g/mol. The number of carbonyl (C=O) groups excluding carboxylic acids is 1. The lowest BCUT2D eigenvalue weighted by molar-refractivity contribution is 0.0740. The third kappa shape index (κ3) is 4.35. The SMILES string of the molecule is C=CCOc1cccc(C2c3c(-c4cc(Cl)c(C)cc4O)n[nH]c3C(=O)N2CCCCC)c1. The summed E-state index contributed by atoms with van der Waals surface area (Å²) in [6.07, 6.45) is 4.69. The van der Waals surface area contributed by atoms with Crippen molar-refractivity contribution >= 4 is 17.5 Å². The summed E-state index contributed by atoms with van der Waals surface area (Å²) in [4.78, 5) is 15.3. The van der Waals surface area contributed by atoms with Crippen molar-refractivity contribution < 1.29 is 14.6 Å². The number of hydrogen-bond acceptors (Lipinski definition) is 4. The molecule has 1 aliphatic rings. The van der Waals surface area contributed by atoms with Gasteiger partial charge in [-0.25, -0.2) is 0 Å². The van der Waals surface area contributed by atoms with E-state index in [1.54, 1.807) is 18.2 Å². The fourth-order valence-corrected chi connectivity index (χ4v) is 4.46. The lowest BCUT2D eigenvalue weighted by atomic mass is 9.95. The number of nitrogens with one attached hydrogen (secondary N) is 1. The average Bonchev–Trinajstić information content (AvgIpc) is 3.34. The van der Waals surface area contributed by atoms with Gasteiger partial charge in [0, 0.05) is 22.7 Å². The van der Waals surface area contributed by atoms with Crippen molar-refractivity contribution in [3.8, 4) is 22.8 Å². The van der Waals surface area contributed by atoms with Crippen LogP contribution in [-0.2, 0) is 0 Å². The number of nitrogens with zero attached hydrogens (tertiary/aromatic N) is 2. The van der Waals surface area contributed by atoms with Gasteiger partial charge in [-0.2, -0.15) is 5.10 Å². The number of ether oxygens (including phenoxy) is 1. The van der Waals surface area contributed by atoms with Gasteiger partial charge in [-0.05, 0) is 48.7 Å². The van der Waals surface area contributed by atoms with E-state index in [1.807, 2.05) is 36.1 Å². The zero-order valence-corrected chi connectivity index (χ0v) is 19.7. The molecule has 3 aromatic rings. The number of phenols is 1. The first kappa shape index (κ1) is 22.9. The largest absolute Gasteiger partial charge is 0.507 e. The number of aromatic nitrogens is 2. The maximum atomic E-state index is 13.4. The molecule has 2 aromatic carbocycles. The zero-order chi connectivity index (χ0) is 23.5. The van der Waals surface area contributed by atoms with Gasteiger partial charge in [-0.15, -0.1) is 0 Å². The van der Waals surface area contributed by atoms with Crippen molar-refractivity contribution in [3.05, 3.63) is 76.5 Å². The molecule has 1 aliphatic heterocycles. The maximum absolute atomic E-state index is 13.4. The first-order valence-electron chi connectivity index (χ1n) is 11.2. The van der Waals surface area contributed by atoms with Crippen LogP contribution >= 0.6 is 11.6 Å². The quantitative estimate of drug-likeness (QED) is 0.298. The van der Waals surface area contributed by atoms with Crippen LogP contribution in [0.1, 0.15) is 59.4 Å². The number of amides is 1. The zero-order valence-electron chi connectivity index (χ0n) is 18.9. The Kier molecular flexibility index (Phi) is 6.75. The highest BCUT2D eigenvalue weighted by Gasteiger charge is 2.42. The highest BCUT2D eigenvalue weighted by molar-refractivity contribution is 6.31. The monoisotopic (exact) mass is 465 g/mol. The molecule has 0 fully saturated rings. The molecule has 0 bridgehead atoms. The summed E-state index contributed by atoms with van der Waals surface area (Å²) in [5.74, 6) is 0.679. The molecule has 0 saturated heterocycles. The molecule has 0 saturated carbocycles. The van der Waals surface area contributed by atoms with E-state index >= 15 is 0 Å². The van der Waals surface area contributed by atoms with Crippen molar-refractivity contribution in [2.75, 3.05) is 13.2 Å². The van der Waals surface area contributed by atoms with Crippen molar-refractivity contribution in [1.82, 2.24) is 15.1 Å². The van der Waals surface area contributed by atoms with Gasteiger partial charge in [0.15, 0.2) is 0 Å². The van der Waals surface area contributed by atoms with Crippen LogP contribution in [0.3, 0.4) is 0 Å². The first-order chi connectivity index (χ1) is 16.0. The highest BCUT2D eigenvalue weighted by Crippen LogP contribution is 2.45. The molecule has 2 N–H and O–H groups in total. The molecule has 1 aromatic heterocycles. The Morgan fingerprint density at radius 2 is 2.12 bits per heavy atom. The third-order valence-corrected chi connectivity index (χ3v) is 6.35. The number of aromatic hydroxyl groups is 1. The molecule has 7 heteroatoms. The summed E-state index contributed by atoms with van der Waals surface area (Å²) in [6.45, 7) is 8.69. The standard InChI is InChI=1S/C26H28ClN3O3/c1-4-6-7-11-30-25(17-9-8-10-18(14-17)33-12-5-2)22-23(28-29-24(22)26(30)32)19-15-20(27)16(3)13-21(19)31/h5,8-10,13-15,25,31H,2,4,6-7,11-12H2,1,3H3,(H,28,29). The predicted octanol–water partition coefficient (Wildman–Crippen LogP) is 6.04. The van der Waals surface area contributed by atoms with E-state index in [0.717, 1.165) is 36.0 Å². The number of benzene rings is 2. The number of H-pyrrole nitrogens is 1. The van der Waals surface area contributed by atoms with Crippen LogP contribution < -0.4 is 4.74 Å². The minimum absolute atomic E-state index is 0.0740. The second-order valence-corrected chi connectivity index (χ2v) is 8.67. The van der Waals surface area contributed by atoms with E-state index in [4.69, 9.17) is 16.3 Å². The molecule has 0 aliphatic carbocycles. The number of halogens is 1. The van der Waals surface area contributed by atoms with Crippen molar-refractivity contribution in [2.24, 2.45) is 0 Å². The Morgan fingerprint density at radius 3 is 2.88 bits per heavy atom. The first-order valence-corrected chi connectivity index (χ1v) is 11.6. The summed E-state index contributed by atoms with van der Waals surface area (Å²) in [7, 11) is 0. The number of carbonyl (C=O) groups is 1. The summed E-state index contributed by atoms with van der Waals surface area (Å²) in [6, 6.07) is 10.7. The van der Waals surface area contributed by atoms with Crippen molar-refractivity contribution in [1.29, 1.82) is 0 Å². The molecule has 33 heavy (non-hydrogen) atoms. The van der Waals surface area contributed by atoms with Gasteiger partial charge in [0.25, 0.3) is 5.91 Å². The molecule has 172 valence electrons. The lowest BCUT2D eigenvalue weighted by Gasteiger charge is -2.27. The van der Waals surface area contributed by atoms with Gasteiger partial charge in [-0.3, -0.25) is 9.89 Å². The molecular formula is C26H28ClN3O3. The summed E-state index contributed by atoms with van der Waals surface area (Å²) < 4.78 is 5.75. The van der Waals surface area contributed by atoms with E-state index in [0.29, 0.717) is 40.9 Å². The number of hydrogen-bond donors (Lipinski definition) is 2. The molecule has 4 rings (SSSR count). The van der Waals surface area contributed by atoms with Crippen LogP contribution in [0, 0.1) is 6.92 Å². The van der Waals surface area contributed by atoms with Crippen molar-refractivity contribution in [2.45, 2.75) is 39.2 Å². The molecule has 1 atom stereocenters. The fraction of sp³-hybridized carbons (Fsp3) is 0.308. The fourth-order valence-electron chi connectivity index (χ4n) is 4.30. The smallest absolute Gasteiger partial charge is 0.273 e. The van der Waals surface area contributed by atoms with Crippen molar-refractivity contribution in [3.63, 3.8) is 0 Å². The van der Waals surface area contributed by atoms with Crippen LogP contribution in [0.15, 0.2) is 49.1 Å². The minimum atomic E-state index is -0.357. The number of rotatable bonds is 9. The Bertz CT molecular complexity index is 1190. The van der Waals surface area contributed by atoms with Gasteiger partial charge < -0.3 is 14.7 Å².